The molecule has 6 nitrogen and oxygen atoms in total. The van der Waals surface area contributed by atoms with E-state index in [0.717, 1.165) is 6.54 Å². The van der Waals surface area contributed by atoms with Gasteiger partial charge in [-0.25, -0.2) is 0 Å². The largest absolute Gasteiger partial charge is 0.392 e. The summed E-state index contributed by atoms with van der Waals surface area (Å²) >= 11 is 0. The van der Waals surface area contributed by atoms with Gasteiger partial charge >= 0.3 is 0 Å². The summed E-state index contributed by atoms with van der Waals surface area (Å²) in [6.07, 6.45) is 3.60. The van der Waals surface area contributed by atoms with Crippen LogP contribution in [0, 0.1) is 0 Å². The number of aliphatic hydroxyl groups excluding tert-OH is 1. The molecule has 1 saturated heterocycles. The van der Waals surface area contributed by atoms with Crippen LogP contribution in [0.5, 0.6) is 0 Å². The van der Waals surface area contributed by atoms with Crippen LogP contribution in [0.15, 0.2) is 42.7 Å². The molecule has 2 N–H and O–H groups in total. The molecule has 2 heterocycles. The van der Waals surface area contributed by atoms with Crippen LogP contribution in [0.3, 0.4) is 0 Å². The number of benzene rings is 1. The minimum atomic E-state index is -0.334. The molecule has 1 amide bonds. The van der Waals surface area contributed by atoms with Crippen molar-refractivity contribution >= 4 is 5.91 Å². The molecule has 0 saturated carbocycles. The molecule has 1 aliphatic rings. The Kier molecular flexibility index (Phi) is 4.73. The summed E-state index contributed by atoms with van der Waals surface area (Å²) < 4.78 is 1.61. The van der Waals surface area contributed by atoms with Crippen molar-refractivity contribution in [3.05, 3.63) is 53.9 Å². The van der Waals surface area contributed by atoms with E-state index in [1.54, 1.807) is 24.1 Å². The third-order valence-electron chi connectivity index (χ3n) is 4.20. The van der Waals surface area contributed by atoms with Gasteiger partial charge in [0.1, 0.15) is 0 Å². The number of carbonyl (C=O) groups excluding carboxylic acids is 1. The van der Waals surface area contributed by atoms with Crippen LogP contribution in [-0.4, -0.2) is 50.9 Å². The highest BCUT2D eigenvalue weighted by molar-refractivity contribution is 5.93. The van der Waals surface area contributed by atoms with Crippen molar-refractivity contribution in [3.63, 3.8) is 0 Å². The van der Waals surface area contributed by atoms with E-state index in [-0.39, 0.29) is 18.1 Å². The Morgan fingerprint density at radius 2 is 2.17 bits per heavy atom. The van der Waals surface area contributed by atoms with Crippen molar-refractivity contribution in [2.45, 2.75) is 25.1 Å². The lowest BCUT2D eigenvalue weighted by Crippen LogP contribution is -2.39. The van der Waals surface area contributed by atoms with Gasteiger partial charge in [-0.3, -0.25) is 14.4 Å². The molecular formula is C17H22N4O2. The Labute approximate surface area is 135 Å². The third kappa shape index (κ3) is 3.97. The summed E-state index contributed by atoms with van der Waals surface area (Å²) in [5.74, 6) is -0.126. The van der Waals surface area contributed by atoms with E-state index in [1.807, 2.05) is 18.2 Å². The highest BCUT2D eigenvalue weighted by Crippen LogP contribution is 2.20. The molecule has 0 aliphatic carbocycles. The van der Waals surface area contributed by atoms with Gasteiger partial charge in [0.15, 0.2) is 0 Å². The number of hydrogen-bond acceptors (Lipinski definition) is 4. The lowest BCUT2D eigenvalue weighted by Gasteiger charge is -2.24. The monoisotopic (exact) mass is 314 g/mol. The number of carbonyl (C=O) groups is 1. The maximum Gasteiger partial charge on any atom is 0.254 e. The average molecular weight is 314 g/mol. The molecule has 1 aromatic carbocycles. The van der Waals surface area contributed by atoms with Gasteiger partial charge in [-0.15, -0.1) is 0 Å². The van der Waals surface area contributed by atoms with Gasteiger partial charge in [0, 0.05) is 38.9 Å². The fraction of sp³-hybridized carbons (Fsp3) is 0.412. The molecule has 0 spiro atoms. The van der Waals surface area contributed by atoms with E-state index < -0.39 is 0 Å². The molecule has 0 bridgehead atoms. The quantitative estimate of drug-likeness (QED) is 0.856. The first-order valence-corrected chi connectivity index (χ1v) is 7.84. The summed E-state index contributed by atoms with van der Waals surface area (Å²) in [7, 11) is 1.78. The van der Waals surface area contributed by atoms with Crippen LogP contribution in [-0.2, 0) is 13.6 Å². The average Bonchev–Trinajstić information content (AvgIpc) is 3.12. The molecule has 122 valence electrons. The second kappa shape index (κ2) is 6.93. The zero-order valence-corrected chi connectivity index (χ0v) is 13.2. The van der Waals surface area contributed by atoms with Crippen molar-refractivity contribution in [2.24, 2.45) is 7.05 Å². The standard InChI is InChI=1S/C17H22N4O2/c1-20-11-14(8-19-20)17(23)18-9-15-7-16(22)12-21(15)10-13-5-3-2-4-6-13/h2-6,8,11,15-16,22H,7,9-10,12H2,1H3,(H,18,23). The molecule has 2 aromatic rings. The Balaban J connectivity index is 1.58. The maximum absolute atomic E-state index is 12.1. The highest BCUT2D eigenvalue weighted by atomic mass is 16.3. The summed E-state index contributed by atoms with van der Waals surface area (Å²) in [6.45, 7) is 1.95. The number of likely N-dealkylation sites (tertiary alicyclic amines) is 1. The maximum atomic E-state index is 12.1. The lowest BCUT2D eigenvalue weighted by atomic mass is 10.1. The predicted octanol–water partition coefficient (Wildman–Crippen LogP) is 0.785. The van der Waals surface area contributed by atoms with Gasteiger partial charge in [-0.2, -0.15) is 5.10 Å². The van der Waals surface area contributed by atoms with Crippen molar-refractivity contribution in [3.8, 4) is 0 Å². The Hall–Kier alpha value is -2.18. The first-order chi connectivity index (χ1) is 11.1. The van der Waals surface area contributed by atoms with Crippen LogP contribution in [0.1, 0.15) is 22.3 Å². The van der Waals surface area contributed by atoms with Crippen molar-refractivity contribution < 1.29 is 9.90 Å². The van der Waals surface area contributed by atoms with E-state index in [2.05, 4.69) is 27.4 Å². The molecule has 6 heteroatoms. The summed E-state index contributed by atoms with van der Waals surface area (Å²) in [5, 5.41) is 16.9. The van der Waals surface area contributed by atoms with Crippen LogP contribution in [0.4, 0.5) is 0 Å². The van der Waals surface area contributed by atoms with E-state index in [1.165, 1.54) is 5.56 Å². The molecule has 2 atom stereocenters. The number of β-amino-alcohol motifs (C(OH)–C–C–N with tert-alkyl or cyclic N) is 1. The number of aromatic nitrogens is 2. The number of rotatable bonds is 5. The fourth-order valence-electron chi connectivity index (χ4n) is 3.03. The zero-order valence-electron chi connectivity index (χ0n) is 13.2. The molecule has 1 aliphatic heterocycles. The smallest absolute Gasteiger partial charge is 0.254 e. The summed E-state index contributed by atoms with van der Waals surface area (Å²) in [6, 6.07) is 10.3. The van der Waals surface area contributed by atoms with Gasteiger partial charge in [-0.05, 0) is 12.0 Å². The van der Waals surface area contributed by atoms with E-state index >= 15 is 0 Å². The highest BCUT2D eigenvalue weighted by Gasteiger charge is 2.31. The topological polar surface area (TPSA) is 70.4 Å². The predicted molar refractivity (Wildman–Crippen MR) is 86.8 cm³/mol. The van der Waals surface area contributed by atoms with Crippen molar-refractivity contribution in [2.75, 3.05) is 13.1 Å². The number of hydrogen-bond donors (Lipinski definition) is 2. The number of nitrogens with zero attached hydrogens (tertiary/aromatic N) is 3. The van der Waals surface area contributed by atoms with Gasteiger partial charge in [0.05, 0.1) is 17.9 Å². The lowest BCUT2D eigenvalue weighted by molar-refractivity contribution is 0.0939. The van der Waals surface area contributed by atoms with Gasteiger partial charge in [0.2, 0.25) is 0 Å². The van der Waals surface area contributed by atoms with Crippen molar-refractivity contribution in [1.82, 2.24) is 20.0 Å². The molecule has 23 heavy (non-hydrogen) atoms. The number of aryl methyl sites for hydroxylation is 1. The molecule has 1 fully saturated rings. The summed E-state index contributed by atoms with van der Waals surface area (Å²) in [5.41, 5.74) is 1.77. The van der Waals surface area contributed by atoms with E-state index in [4.69, 9.17) is 0 Å². The Bertz CT molecular complexity index is 656. The summed E-state index contributed by atoms with van der Waals surface area (Å²) in [4.78, 5) is 14.3. The number of aliphatic hydroxyl groups is 1. The minimum Gasteiger partial charge on any atom is -0.392 e. The fourth-order valence-corrected chi connectivity index (χ4v) is 3.03. The molecular weight excluding hydrogens is 292 g/mol. The molecule has 2 unspecified atom stereocenters. The SMILES string of the molecule is Cn1cc(C(=O)NCC2CC(O)CN2Cc2ccccc2)cn1. The van der Waals surface area contributed by atoms with Gasteiger partial charge in [0.25, 0.3) is 5.91 Å². The first kappa shape index (κ1) is 15.7. The Morgan fingerprint density at radius 1 is 1.39 bits per heavy atom. The second-order valence-corrected chi connectivity index (χ2v) is 6.07. The second-order valence-electron chi connectivity index (χ2n) is 6.07. The molecule has 0 radical (unpaired) electrons. The van der Waals surface area contributed by atoms with Crippen LogP contribution in [0.25, 0.3) is 0 Å². The van der Waals surface area contributed by atoms with Crippen molar-refractivity contribution in [1.29, 1.82) is 0 Å². The van der Waals surface area contributed by atoms with E-state index in [0.29, 0.717) is 25.1 Å². The number of nitrogens with one attached hydrogen (secondary N) is 1. The van der Waals surface area contributed by atoms with Gasteiger partial charge in [-0.1, -0.05) is 30.3 Å². The molecule has 1 aromatic heterocycles. The third-order valence-corrected chi connectivity index (χ3v) is 4.20. The Morgan fingerprint density at radius 3 is 2.87 bits per heavy atom. The van der Waals surface area contributed by atoms with Crippen LogP contribution >= 0.6 is 0 Å². The van der Waals surface area contributed by atoms with Crippen LogP contribution < -0.4 is 5.32 Å². The molecule has 3 rings (SSSR count). The zero-order chi connectivity index (χ0) is 16.2. The van der Waals surface area contributed by atoms with Crippen LogP contribution in [0.2, 0.25) is 0 Å². The normalized spacial score (nSPS) is 21.5. The van der Waals surface area contributed by atoms with Gasteiger partial charge < -0.3 is 10.4 Å². The van der Waals surface area contributed by atoms with E-state index in [9.17, 15) is 9.90 Å². The number of amides is 1. The first-order valence-electron chi connectivity index (χ1n) is 7.84. The minimum absolute atomic E-state index is 0.126.